The van der Waals surface area contributed by atoms with Crippen molar-refractivity contribution in [1.29, 1.82) is 0 Å². The number of carbonyl (C=O) groups is 1. The number of ether oxygens (including phenoxy) is 1. The van der Waals surface area contributed by atoms with E-state index >= 15 is 0 Å². The van der Waals surface area contributed by atoms with Crippen LogP contribution in [-0.4, -0.2) is 55.7 Å². The molecule has 0 saturated carbocycles. The summed E-state index contributed by atoms with van der Waals surface area (Å²) in [4.78, 5) is 17.0. The fraction of sp³-hybridized carbons (Fsp3) is 0.435. The third kappa shape index (κ3) is 5.41. The van der Waals surface area contributed by atoms with Gasteiger partial charge in [0.25, 0.3) is 0 Å². The first-order chi connectivity index (χ1) is 14.0. The van der Waals surface area contributed by atoms with E-state index < -0.39 is 0 Å². The Bertz CT molecular complexity index is 799. The van der Waals surface area contributed by atoms with Crippen LogP contribution >= 0.6 is 0 Å². The molecule has 1 saturated heterocycles. The van der Waals surface area contributed by atoms with Crippen molar-refractivity contribution in [1.82, 2.24) is 10.2 Å². The summed E-state index contributed by atoms with van der Waals surface area (Å²) in [5.74, 6) is 1.43. The number of hydrogen-bond acceptors (Lipinski definition) is 5. The highest BCUT2D eigenvalue weighted by Crippen LogP contribution is 2.27. The van der Waals surface area contributed by atoms with Crippen LogP contribution in [0.1, 0.15) is 25.5 Å². The van der Waals surface area contributed by atoms with Crippen LogP contribution in [0.25, 0.3) is 0 Å². The Hall–Kier alpha value is -2.73. The Labute approximate surface area is 173 Å². The van der Waals surface area contributed by atoms with Gasteiger partial charge in [-0.2, -0.15) is 0 Å². The molecule has 2 aromatic carbocycles. The number of hydrogen-bond donors (Lipinski definition) is 2. The molecule has 6 nitrogen and oxygen atoms in total. The van der Waals surface area contributed by atoms with E-state index in [0.29, 0.717) is 12.3 Å². The van der Waals surface area contributed by atoms with Crippen LogP contribution in [-0.2, 0) is 4.79 Å². The highest BCUT2D eigenvalue weighted by molar-refractivity contribution is 5.78. The van der Waals surface area contributed by atoms with E-state index in [4.69, 9.17) is 4.74 Å². The number of rotatable bonds is 7. The first-order valence-corrected chi connectivity index (χ1v) is 10.2. The number of benzene rings is 2. The Morgan fingerprint density at radius 1 is 1.07 bits per heavy atom. The number of piperazine rings is 1. The maximum atomic E-state index is 12.7. The van der Waals surface area contributed by atoms with Crippen LogP contribution in [0, 0.1) is 5.92 Å². The van der Waals surface area contributed by atoms with Crippen LogP contribution in [0.3, 0.4) is 0 Å². The van der Waals surface area contributed by atoms with Gasteiger partial charge in [-0.3, -0.25) is 9.69 Å². The Morgan fingerprint density at radius 2 is 1.72 bits per heavy atom. The van der Waals surface area contributed by atoms with Crippen LogP contribution in [0.5, 0.6) is 11.5 Å². The molecule has 1 fully saturated rings. The van der Waals surface area contributed by atoms with Crippen molar-refractivity contribution in [2.45, 2.75) is 19.9 Å². The minimum absolute atomic E-state index is 0.0315. The number of amides is 1. The molecule has 0 aliphatic carbocycles. The van der Waals surface area contributed by atoms with Gasteiger partial charge in [-0.1, -0.05) is 38.1 Å². The summed E-state index contributed by atoms with van der Waals surface area (Å²) in [5, 5.41) is 13.2. The lowest BCUT2D eigenvalue weighted by Crippen LogP contribution is -2.50. The number of aromatic hydroxyl groups is 1. The molecule has 2 aromatic rings. The van der Waals surface area contributed by atoms with Crippen LogP contribution in [0.15, 0.2) is 48.5 Å². The lowest BCUT2D eigenvalue weighted by atomic mass is 9.96. The largest absolute Gasteiger partial charge is 0.506 e. The first-order valence-electron chi connectivity index (χ1n) is 10.2. The number of para-hydroxylation sites is 2. The van der Waals surface area contributed by atoms with E-state index in [0.717, 1.165) is 43.2 Å². The summed E-state index contributed by atoms with van der Waals surface area (Å²) in [6.07, 6.45) is 0. The topological polar surface area (TPSA) is 65.0 Å². The fourth-order valence-corrected chi connectivity index (χ4v) is 3.75. The van der Waals surface area contributed by atoms with Gasteiger partial charge in [-0.25, -0.2) is 0 Å². The standard InChI is InChI=1S/C23H31N3O3/c1-17(2)23(18-8-10-19(29-3)11-9-18)24-22(28)16-25-12-14-26(15-13-25)20-6-4-5-7-21(20)27/h4-11,17,23,27H,12-16H2,1-3H3,(H,24,28). The smallest absolute Gasteiger partial charge is 0.234 e. The second-order valence-electron chi connectivity index (χ2n) is 7.81. The van der Waals surface area contributed by atoms with Gasteiger partial charge in [0.05, 0.1) is 25.4 Å². The number of nitrogens with one attached hydrogen (secondary N) is 1. The van der Waals surface area contributed by atoms with E-state index in [1.807, 2.05) is 42.5 Å². The lowest BCUT2D eigenvalue weighted by molar-refractivity contribution is -0.123. The van der Waals surface area contributed by atoms with Crippen molar-refractivity contribution in [2.75, 3.05) is 44.7 Å². The van der Waals surface area contributed by atoms with Crippen molar-refractivity contribution in [3.05, 3.63) is 54.1 Å². The van der Waals surface area contributed by atoms with Gasteiger partial charge < -0.3 is 20.1 Å². The number of phenolic OH excluding ortho intramolecular Hbond substituents is 1. The predicted octanol–water partition coefficient (Wildman–Crippen LogP) is 3.04. The maximum Gasteiger partial charge on any atom is 0.234 e. The Balaban J connectivity index is 1.53. The number of methoxy groups -OCH3 is 1. The molecule has 3 rings (SSSR count). The monoisotopic (exact) mass is 397 g/mol. The maximum absolute atomic E-state index is 12.7. The van der Waals surface area contributed by atoms with Gasteiger partial charge in [-0.15, -0.1) is 0 Å². The molecule has 1 aliphatic rings. The Kier molecular flexibility index (Phi) is 6.99. The third-order valence-electron chi connectivity index (χ3n) is 5.42. The molecule has 6 heteroatoms. The number of carbonyl (C=O) groups excluding carboxylic acids is 1. The molecule has 1 atom stereocenters. The van der Waals surface area contributed by atoms with Crippen molar-refractivity contribution < 1.29 is 14.6 Å². The lowest BCUT2D eigenvalue weighted by Gasteiger charge is -2.36. The zero-order chi connectivity index (χ0) is 20.8. The molecular formula is C23H31N3O3. The second kappa shape index (κ2) is 9.65. The molecular weight excluding hydrogens is 366 g/mol. The summed E-state index contributed by atoms with van der Waals surface area (Å²) < 4.78 is 5.23. The molecule has 0 bridgehead atoms. The van der Waals surface area contributed by atoms with E-state index in [-0.39, 0.29) is 17.9 Å². The van der Waals surface area contributed by atoms with Gasteiger partial charge in [0, 0.05) is 26.2 Å². The minimum atomic E-state index is -0.0315. The average Bonchev–Trinajstić information content (AvgIpc) is 2.73. The number of nitrogens with zero attached hydrogens (tertiary/aromatic N) is 2. The molecule has 1 amide bonds. The molecule has 1 heterocycles. The molecule has 0 aromatic heterocycles. The SMILES string of the molecule is COc1ccc(C(NC(=O)CN2CCN(c3ccccc3O)CC2)C(C)C)cc1. The van der Waals surface area contributed by atoms with Gasteiger partial charge >= 0.3 is 0 Å². The highest BCUT2D eigenvalue weighted by Gasteiger charge is 2.23. The van der Waals surface area contributed by atoms with E-state index in [9.17, 15) is 9.90 Å². The fourth-order valence-electron chi connectivity index (χ4n) is 3.75. The van der Waals surface area contributed by atoms with Gasteiger partial charge in [0.15, 0.2) is 0 Å². The molecule has 0 radical (unpaired) electrons. The average molecular weight is 398 g/mol. The van der Waals surface area contributed by atoms with Crippen LogP contribution in [0.4, 0.5) is 5.69 Å². The van der Waals surface area contributed by atoms with E-state index in [1.165, 1.54) is 0 Å². The minimum Gasteiger partial charge on any atom is -0.506 e. The van der Waals surface area contributed by atoms with Gasteiger partial charge in [0.1, 0.15) is 11.5 Å². The first kappa shape index (κ1) is 21.0. The van der Waals surface area contributed by atoms with E-state index in [1.54, 1.807) is 13.2 Å². The summed E-state index contributed by atoms with van der Waals surface area (Å²) in [6.45, 7) is 7.76. The quantitative estimate of drug-likeness (QED) is 0.752. The zero-order valence-electron chi connectivity index (χ0n) is 17.5. The third-order valence-corrected chi connectivity index (χ3v) is 5.42. The molecule has 29 heavy (non-hydrogen) atoms. The molecule has 0 spiro atoms. The van der Waals surface area contributed by atoms with Crippen molar-refractivity contribution in [2.24, 2.45) is 5.92 Å². The molecule has 1 aliphatic heterocycles. The Morgan fingerprint density at radius 3 is 2.31 bits per heavy atom. The summed E-state index contributed by atoms with van der Waals surface area (Å²) >= 11 is 0. The summed E-state index contributed by atoms with van der Waals surface area (Å²) in [7, 11) is 1.65. The van der Waals surface area contributed by atoms with E-state index in [2.05, 4.69) is 29.0 Å². The molecule has 156 valence electrons. The summed E-state index contributed by atoms with van der Waals surface area (Å²) in [5.41, 5.74) is 1.94. The molecule has 1 unspecified atom stereocenters. The number of anilines is 1. The predicted molar refractivity (Wildman–Crippen MR) is 115 cm³/mol. The van der Waals surface area contributed by atoms with Crippen LogP contribution in [0.2, 0.25) is 0 Å². The summed E-state index contributed by atoms with van der Waals surface area (Å²) in [6, 6.07) is 15.2. The second-order valence-corrected chi connectivity index (χ2v) is 7.81. The number of phenols is 1. The van der Waals surface area contributed by atoms with Crippen molar-refractivity contribution in [3.8, 4) is 11.5 Å². The van der Waals surface area contributed by atoms with Crippen molar-refractivity contribution in [3.63, 3.8) is 0 Å². The van der Waals surface area contributed by atoms with Crippen LogP contribution < -0.4 is 15.0 Å². The highest BCUT2D eigenvalue weighted by atomic mass is 16.5. The molecule has 2 N–H and O–H groups in total. The van der Waals surface area contributed by atoms with Crippen molar-refractivity contribution >= 4 is 11.6 Å². The zero-order valence-corrected chi connectivity index (χ0v) is 17.5. The van der Waals surface area contributed by atoms with Gasteiger partial charge in [0.2, 0.25) is 5.91 Å². The normalized spacial score (nSPS) is 15.9. The van der Waals surface area contributed by atoms with Gasteiger partial charge in [-0.05, 0) is 35.7 Å².